The van der Waals surface area contributed by atoms with Gasteiger partial charge in [0.1, 0.15) is 6.10 Å². The van der Waals surface area contributed by atoms with Crippen molar-refractivity contribution in [1.29, 1.82) is 0 Å². The first kappa shape index (κ1) is 14.2. The molecule has 1 aliphatic rings. The topological polar surface area (TPSA) is 64.4 Å². The minimum Gasteiger partial charge on any atom is -0.364 e. The predicted molar refractivity (Wildman–Crippen MR) is 55.2 cm³/mol. The van der Waals surface area contributed by atoms with Crippen LogP contribution in [-0.2, 0) is 9.53 Å². The van der Waals surface area contributed by atoms with Crippen molar-refractivity contribution in [3.63, 3.8) is 0 Å². The van der Waals surface area contributed by atoms with Crippen LogP contribution in [0.5, 0.6) is 0 Å². The molecule has 3 atom stereocenters. The zero-order valence-corrected chi connectivity index (χ0v) is 9.59. The van der Waals surface area contributed by atoms with Crippen molar-refractivity contribution in [3.05, 3.63) is 0 Å². The molecule has 0 aromatic carbocycles. The molecule has 0 spiro atoms. The Bertz CT molecular complexity index is 271. The van der Waals surface area contributed by atoms with Crippen LogP contribution in [0.2, 0.25) is 0 Å². The minimum absolute atomic E-state index is 0.163. The first-order valence-corrected chi connectivity index (χ1v) is 5.54. The van der Waals surface area contributed by atoms with E-state index >= 15 is 0 Å². The summed E-state index contributed by atoms with van der Waals surface area (Å²) in [6, 6.07) is -0.942. The number of nitrogens with two attached hydrogens (primary N) is 1. The number of amides is 1. The monoisotopic (exact) mass is 254 g/mol. The third-order valence-corrected chi connectivity index (χ3v) is 2.59. The molecule has 0 aliphatic carbocycles. The summed E-state index contributed by atoms with van der Waals surface area (Å²) < 4.78 is 41.4. The maximum Gasteiger partial charge on any atom is 0.391 e. The van der Waals surface area contributed by atoms with Crippen molar-refractivity contribution in [2.24, 2.45) is 5.73 Å². The molecule has 1 aliphatic heterocycles. The molecule has 1 fully saturated rings. The summed E-state index contributed by atoms with van der Waals surface area (Å²) in [7, 11) is 0. The fraction of sp³-hybridized carbons (Fsp3) is 0.900. The predicted octanol–water partition coefficient (Wildman–Crippen LogP) is 0.950. The molecule has 100 valence electrons. The Morgan fingerprint density at radius 2 is 2.18 bits per heavy atom. The van der Waals surface area contributed by atoms with Crippen LogP contribution in [0.4, 0.5) is 13.2 Å². The number of carbonyl (C=O) groups is 1. The van der Waals surface area contributed by atoms with Gasteiger partial charge in [0.05, 0.1) is 12.5 Å². The second-order valence-corrected chi connectivity index (χ2v) is 4.29. The van der Waals surface area contributed by atoms with Crippen LogP contribution in [0.15, 0.2) is 0 Å². The number of hydrogen-bond acceptors (Lipinski definition) is 3. The number of halogens is 3. The fourth-order valence-electron chi connectivity index (χ4n) is 1.81. The molecular formula is C10H17F3N2O2. The highest BCUT2D eigenvalue weighted by atomic mass is 19.4. The Morgan fingerprint density at radius 1 is 1.53 bits per heavy atom. The van der Waals surface area contributed by atoms with Crippen LogP contribution in [0.3, 0.4) is 0 Å². The summed E-state index contributed by atoms with van der Waals surface area (Å²) >= 11 is 0. The van der Waals surface area contributed by atoms with E-state index in [0.717, 1.165) is 0 Å². The molecule has 4 nitrogen and oxygen atoms in total. The first-order valence-electron chi connectivity index (χ1n) is 5.54. The summed E-state index contributed by atoms with van der Waals surface area (Å²) in [5.74, 6) is -0.488. The van der Waals surface area contributed by atoms with Crippen LogP contribution >= 0.6 is 0 Å². The van der Waals surface area contributed by atoms with Gasteiger partial charge in [-0.2, -0.15) is 13.2 Å². The normalized spacial score (nSPS) is 26.9. The minimum atomic E-state index is -4.27. The molecule has 3 unspecified atom stereocenters. The van der Waals surface area contributed by atoms with Crippen LogP contribution < -0.4 is 11.1 Å². The fourth-order valence-corrected chi connectivity index (χ4v) is 1.81. The number of alkyl halides is 3. The highest BCUT2D eigenvalue weighted by molar-refractivity contribution is 5.81. The zero-order chi connectivity index (χ0) is 13.1. The number of carbonyl (C=O) groups excluding carboxylic acids is 1. The molecule has 1 amide bonds. The van der Waals surface area contributed by atoms with Gasteiger partial charge in [0, 0.05) is 12.6 Å². The van der Waals surface area contributed by atoms with E-state index in [1.165, 1.54) is 6.92 Å². The summed E-state index contributed by atoms with van der Waals surface area (Å²) in [6.45, 7) is 1.64. The third kappa shape index (κ3) is 4.91. The van der Waals surface area contributed by atoms with E-state index in [0.29, 0.717) is 19.4 Å². The summed E-state index contributed by atoms with van der Waals surface area (Å²) in [6.07, 6.45) is -4.97. The van der Waals surface area contributed by atoms with Gasteiger partial charge in [0.15, 0.2) is 0 Å². The third-order valence-electron chi connectivity index (χ3n) is 2.59. The van der Waals surface area contributed by atoms with E-state index < -0.39 is 30.7 Å². The van der Waals surface area contributed by atoms with Gasteiger partial charge in [-0.25, -0.2) is 0 Å². The van der Waals surface area contributed by atoms with Crippen LogP contribution in [0.25, 0.3) is 0 Å². The summed E-state index contributed by atoms with van der Waals surface area (Å²) in [5, 5.41) is 2.30. The quantitative estimate of drug-likeness (QED) is 0.785. The SMILES string of the molecule is CC(CC(F)(F)F)NC(=O)C1CCC(CN)O1. The average molecular weight is 254 g/mol. The van der Waals surface area contributed by atoms with Crippen molar-refractivity contribution in [2.75, 3.05) is 6.54 Å². The highest BCUT2D eigenvalue weighted by Crippen LogP contribution is 2.22. The van der Waals surface area contributed by atoms with Crippen LogP contribution in [-0.4, -0.2) is 36.9 Å². The van der Waals surface area contributed by atoms with Gasteiger partial charge in [-0.3, -0.25) is 4.79 Å². The molecule has 0 radical (unpaired) electrons. The average Bonchev–Trinajstić information content (AvgIpc) is 2.62. The molecule has 0 aromatic rings. The van der Waals surface area contributed by atoms with Gasteiger partial charge in [0.2, 0.25) is 5.91 Å². The Kier molecular flexibility index (Phi) is 4.76. The van der Waals surface area contributed by atoms with Crippen LogP contribution in [0, 0.1) is 0 Å². The van der Waals surface area contributed by atoms with Gasteiger partial charge in [-0.05, 0) is 19.8 Å². The second kappa shape index (κ2) is 5.68. The van der Waals surface area contributed by atoms with Crippen molar-refractivity contribution in [3.8, 4) is 0 Å². The first-order chi connectivity index (χ1) is 7.81. The molecule has 1 rings (SSSR count). The van der Waals surface area contributed by atoms with Gasteiger partial charge >= 0.3 is 6.18 Å². The Labute approximate surface area is 97.7 Å². The Balaban J connectivity index is 2.34. The van der Waals surface area contributed by atoms with Gasteiger partial charge in [0.25, 0.3) is 0 Å². The van der Waals surface area contributed by atoms with Crippen molar-refractivity contribution in [2.45, 2.75) is 50.6 Å². The lowest BCUT2D eigenvalue weighted by molar-refractivity contribution is -0.144. The molecule has 1 saturated heterocycles. The van der Waals surface area contributed by atoms with Crippen molar-refractivity contribution in [1.82, 2.24) is 5.32 Å². The van der Waals surface area contributed by atoms with Crippen LogP contribution in [0.1, 0.15) is 26.2 Å². The molecule has 0 aromatic heterocycles. The molecule has 7 heteroatoms. The van der Waals surface area contributed by atoms with Crippen molar-refractivity contribution >= 4 is 5.91 Å². The maximum absolute atomic E-state index is 12.1. The Morgan fingerprint density at radius 3 is 2.65 bits per heavy atom. The lowest BCUT2D eigenvalue weighted by Crippen LogP contribution is -2.42. The van der Waals surface area contributed by atoms with E-state index in [-0.39, 0.29) is 6.10 Å². The van der Waals surface area contributed by atoms with E-state index in [1.54, 1.807) is 0 Å². The summed E-state index contributed by atoms with van der Waals surface area (Å²) in [5.41, 5.74) is 5.38. The maximum atomic E-state index is 12.1. The second-order valence-electron chi connectivity index (χ2n) is 4.29. The van der Waals surface area contributed by atoms with Gasteiger partial charge in [-0.15, -0.1) is 0 Å². The molecule has 1 heterocycles. The number of rotatable bonds is 4. The number of hydrogen-bond donors (Lipinski definition) is 2. The Hall–Kier alpha value is -0.820. The van der Waals surface area contributed by atoms with E-state index in [2.05, 4.69) is 5.32 Å². The van der Waals surface area contributed by atoms with E-state index in [1.807, 2.05) is 0 Å². The van der Waals surface area contributed by atoms with Gasteiger partial charge in [-0.1, -0.05) is 0 Å². The smallest absolute Gasteiger partial charge is 0.364 e. The lowest BCUT2D eigenvalue weighted by atomic mass is 10.1. The zero-order valence-electron chi connectivity index (χ0n) is 9.59. The summed E-state index contributed by atoms with van der Waals surface area (Å²) in [4.78, 5) is 11.6. The molecule has 0 saturated carbocycles. The number of nitrogens with one attached hydrogen (secondary N) is 1. The number of ether oxygens (including phenoxy) is 1. The largest absolute Gasteiger partial charge is 0.391 e. The standard InChI is InChI=1S/C10H17F3N2O2/c1-6(4-10(11,12)13)15-9(16)8-3-2-7(5-14)17-8/h6-8H,2-5,14H2,1H3,(H,15,16). The van der Waals surface area contributed by atoms with E-state index in [4.69, 9.17) is 10.5 Å². The molecule has 17 heavy (non-hydrogen) atoms. The van der Waals surface area contributed by atoms with Crippen molar-refractivity contribution < 1.29 is 22.7 Å². The molecular weight excluding hydrogens is 237 g/mol. The molecule has 3 N–H and O–H groups in total. The lowest BCUT2D eigenvalue weighted by Gasteiger charge is -2.18. The van der Waals surface area contributed by atoms with Gasteiger partial charge < -0.3 is 15.8 Å². The van der Waals surface area contributed by atoms with E-state index in [9.17, 15) is 18.0 Å². The highest BCUT2D eigenvalue weighted by Gasteiger charge is 2.34. The molecule has 0 bridgehead atoms.